The second-order valence-corrected chi connectivity index (χ2v) is 6.19. The lowest BCUT2D eigenvalue weighted by Crippen LogP contribution is -2.40. The van der Waals surface area contributed by atoms with Crippen LogP contribution >= 0.6 is 15.9 Å². The number of rotatable bonds is 4. The van der Waals surface area contributed by atoms with Crippen molar-refractivity contribution in [3.63, 3.8) is 0 Å². The summed E-state index contributed by atoms with van der Waals surface area (Å²) in [5, 5.41) is 0. The van der Waals surface area contributed by atoms with E-state index in [1.807, 2.05) is 17.0 Å². The molecule has 0 spiro atoms. The Kier molecular flexibility index (Phi) is 4.99. The maximum absolute atomic E-state index is 12.3. The van der Waals surface area contributed by atoms with Gasteiger partial charge in [-0.15, -0.1) is 0 Å². The Bertz CT molecular complexity index is 432. The third-order valence-corrected chi connectivity index (χ3v) is 4.42. The van der Waals surface area contributed by atoms with E-state index in [-0.39, 0.29) is 17.9 Å². The van der Waals surface area contributed by atoms with Gasteiger partial charge in [0.25, 0.3) is 0 Å². The van der Waals surface area contributed by atoms with Crippen molar-refractivity contribution in [1.82, 2.24) is 4.90 Å². The van der Waals surface area contributed by atoms with Gasteiger partial charge < -0.3 is 10.6 Å². The number of nitrogens with two attached hydrogens (primary N) is 1. The lowest BCUT2D eigenvalue weighted by Gasteiger charge is -2.25. The molecule has 1 aromatic rings. The van der Waals surface area contributed by atoms with Gasteiger partial charge in [0.15, 0.2) is 0 Å². The smallest absolute Gasteiger partial charge is 0.223 e. The Hall–Kier alpha value is -0.870. The van der Waals surface area contributed by atoms with Gasteiger partial charge in [-0.1, -0.05) is 35.0 Å². The van der Waals surface area contributed by atoms with Gasteiger partial charge in [-0.05, 0) is 36.5 Å². The van der Waals surface area contributed by atoms with Crippen molar-refractivity contribution in [1.29, 1.82) is 0 Å². The summed E-state index contributed by atoms with van der Waals surface area (Å²) in [4.78, 5) is 14.3. The number of likely N-dealkylation sites (tertiary alicyclic amines) is 1. The first kappa shape index (κ1) is 14.5. The van der Waals surface area contributed by atoms with Crippen LogP contribution in [0.4, 0.5) is 0 Å². The maximum Gasteiger partial charge on any atom is 0.223 e. The van der Waals surface area contributed by atoms with Gasteiger partial charge in [0, 0.05) is 30.0 Å². The van der Waals surface area contributed by atoms with Crippen LogP contribution in [0.1, 0.15) is 37.7 Å². The first-order valence-electron chi connectivity index (χ1n) is 6.87. The van der Waals surface area contributed by atoms with Gasteiger partial charge in [-0.25, -0.2) is 0 Å². The van der Waals surface area contributed by atoms with Crippen molar-refractivity contribution >= 4 is 21.8 Å². The Morgan fingerprint density at radius 1 is 1.47 bits per heavy atom. The molecule has 1 fully saturated rings. The highest BCUT2D eigenvalue weighted by Gasteiger charge is 2.28. The molecule has 0 radical (unpaired) electrons. The molecule has 0 saturated carbocycles. The van der Waals surface area contributed by atoms with Gasteiger partial charge >= 0.3 is 0 Å². The number of halogens is 1. The largest absolute Gasteiger partial charge is 0.338 e. The Balaban J connectivity index is 1.96. The van der Waals surface area contributed by atoms with Crippen LogP contribution in [0.15, 0.2) is 28.7 Å². The molecule has 1 aliphatic rings. The summed E-state index contributed by atoms with van der Waals surface area (Å²) in [6, 6.07) is 8.45. The van der Waals surface area contributed by atoms with E-state index < -0.39 is 0 Å². The van der Waals surface area contributed by atoms with Crippen molar-refractivity contribution in [2.45, 2.75) is 38.1 Å². The van der Waals surface area contributed by atoms with Crippen molar-refractivity contribution in [3.05, 3.63) is 34.3 Å². The minimum atomic E-state index is 0.239. The van der Waals surface area contributed by atoms with Gasteiger partial charge in [0.2, 0.25) is 5.91 Å². The summed E-state index contributed by atoms with van der Waals surface area (Å²) >= 11 is 3.43. The first-order valence-corrected chi connectivity index (χ1v) is 7.66. The van der Waals surface area contributed by atoms with Crippen LogP contribution in [-0.4, -0.2) is 29.9 Å². The molecular formula is C15H21BrN2O. The molecule has 2 unspecified atom stereocenters. The van der Waals surface area contributed by atoms with Crippen LogP contribution in [-0.2, 0) is 4.79 Å². The van der Waals surface area contributed by atoms with Crippen molar-refractivity contribution < 1.29 is 4.79 Å². The molecule has 3 nitrogen and oxygen atoms in total. The van der Waals surface area contributed by atoms with Crippen LogP contribution < -0.4 is 5.73 Å². The van der Waals surface area contributed by atoms with Crippen molar-refractivity contribution in [2.24, 2.45) is 5.73 Å². The molecule has 19 heavy (non-hydrogen) atoms. The fraction of sp³-hybridized carbons (Fsp3) is 0.533. The molecule has 0 bridgehead atoms. The molecule has 1 aliphatic heterocycles. The van der Waals surface area contributed by atoms with Gasteiger partial charge in [0.1, 0.15) is 0 Å². The zero-order chi connectivity index (χ0) is 13.8. The van der Waals surface area contributed by atoms with Gasteiger partial charge in [-0.3, -0.25) is 4.79 Å². The molecule has 1 heterocycles. The van der Waals surface area contributed by atoms with Crippen LogP contribution in [0, 0.1) is 0 Å². The lowest BCUT2D eigenvalue weighted by atomic mass is 9.97. The lowest BCUT2D eigenvalue weighted by molar-refractivity contribution is -0.132. The van der Waals surface area contributed by atoms with E-state index in [4.69, 9.17) is 5.73 Å². The normalized spacial score (nSPS) is 20.6. The molecule has 0 aromatic heterocycles. The minimum Gasteiger partial charge on any atom is -0.338 e. The molecular weight excluding hydrogens is 304 g/mol. The summed E-state index contributed by atoms with van der Waals surface area (Å²) < 4.78 is 1.07. The second kappa shape index (κ2) is 6.53. The van der Waals surface area contributed by atoms with Crippen LogP contribution in [0.2, 0.25) is 0 Å². The average Bonchev–Trinajstić information content (AvgIpc) is 2.87. The topological polar surface area (TPSA) is 46.3 Å². The fourth-order valence-electron chi connectivity index (χ4n) is 2.70. The molecule has 2 atom stereocenters. The number of carbonyl (C=O) groups is 1. The maximum atomic E-state index is 12.3. The number of nitrogens with zero attached hydrogens (tertiary/aromatic N) is 1. The van der Waals surface area contributed by atoms with Crippen molar-refractivity contribution in [3.8, 4) is 0 Å². The van der Waals surface area contributed by atoms with E-state index in [0.29, 0.717) is 13.0 Å². The fourth-order valence-corrected chi connectivity index (χ4v) is 2.96. The zero-order valence-corrected chi connectivity index (χ0v) is 12.9. The van der Waals surface area contributed by atoms with Crippen LogP contribution in [0.5, 0.6) is 0 Å². The average molecular weight is 325 g/mol. The highest BCUT2D eigenvalue weighted by molar-refractivity contribution is 9.10. The minimum absolute atomic E-state index is 0.239. The van der Waals surface area contributed by atoms with E-state index in [0.717, 1.165) is 23.9 Å². The molecule has 4 heteroatoms. The second-order valence-electron chi connectivity index (χ2n) is 5.28. The zero-order valence-electron chi connectivity index (χ0n) is 11.3. The van der Waals surface area contributed by atoms with E-state index in [9.17, 15) is 4.79 Å². The summed E-state index contributed by atoms with van der Waals surface area (Å²) in [6.45, 7) is 3.56. The molecule has 104 valence electrons. The van der Waals surface area contributed by atoms with E-state index in [1.165, 1.54) is 5.56 Å². The molecule has 0 aliphatic carbocycles. The number of carbonyl (C=O) groups excluding carboxylic acids is 1. The third kappa shape index (κ3) is 3.57. The van der Waals surface area contributed by atoms with Crippen molar-refractivity contribution in [2.75, 3.05) is 13.1 Å². The highest BCUT2D eigenvalue weighted by Crippen LogP contribution is 2.24. The van der Waals surface area contributed by atoms with Crippen LogP contribution in [0.3, 0.4) is 0 Å². The summed E-state index contributed by atoms with van der Waals surface area (Å²) in [7, 11) is 0. The molecule has 1 amide bonds. The number of amides is 1. The molecule has 1 aromatic carbocycles. The SMILES string of the molecule is CC(CC(=O)N1CCCC1CN)c1ccc(Br)cc1. The van der Waals surface area contributed by atoms with E-state index in [1.54, 1.807) is 0 Å². The predicted octanol–water partition coefficient (Wildman–Crippen LogP) is 2.89. The first-order chi connectivity index (χ1) is 9.11. The summed E-state index contributed by atoms with van der Waals surface area (Å²) in [6.07, 6.45) is 2.70. The number of benzene rings is 1. The molecule has 1 saturated heterocycles. The van der Waals surface area contributed by atoms with E-state index >= 15 is 0 Å². The predicted molar refractivity (Wildman–Crippen MR) is 81.0 cm³/mol. The quantitative estimate of drug-likeness (QED) is 0.925. The Morgan fingerprint density at radius 2 is 2.16 bits per heavy atom. The molecule has 2 N–H and O–H groups in total. The number of hydrogen-bond donors (Lipinski definition) is 1. The van der Waals surface area contributed by atoms with Gasteiger partial charge in [-0.2, -0.15) is 0 Å². The molecule has 2 rings (SSSR count). The monoisotopic (exact) mass is 324 g/mol. The Morgan fingerprint density at radius 3 is 2.79 bits per heavy atom. The van der Waals surface area contributed by atoms with E-state index in [2.05, 4.69) is 35.0 Å². The van der Waals surface area contributed by atoms with Crippen LogP contribution in [0.25, 0.3) is 0 Å². The number of hydrogen-bond acceptors (Lipinski definition) is 2. The van der Waals surface area contributed by atoms with Gasteiger partial charge in [0.05, 0.1) is 0 Å². The Labute approximate surface area is 123 Å². The summed E-state index contributed by atoms with van der Waals surface area (Å²) in [5.74, 6) is 0.489. The standard InChI is InChI=1S/C15H21BrN2O/c1-11(12-4-6-13(16)7-5-12)9-15(19)18-8-2-3-14(18)10-17/h4-7,11,14H,2-3,8-10,17H2,1H3. The summed E-state index contributed by atoms with van der Waals surface area (Å²) in [5.41, 5.74) is 6.93. The highest BCUT2D eigenvalue weighted by atomic mass is 79.9. The third-order valence-electron chi connectivity index (χ3n) is 3.89.